The topological polar surface area (TPSA) is 115 Å². The van der Waals surface area contributed by atoms with Crippen molar-refractivity contribution in [2.45, 2.75) is 44.9 Å². The fourth-order valence-corrected chi connectivity index (χ4v) is 5.07. The predicted octanol–water partition coefficient (Wildman–Crippen LogP) is 1.42. The van der Waals surface area contributed by atoms with Crippen LogP contribution in [0.2, 0.25) is 0 Å². The molecule has 186 valence electrons. The number of hydrogen-bond acceptors (Lipinski definition) is 6. The Kier molecular flexibility index (Phi) is 10.7. The third kappa shape index (κ3) is 8.58. The summed E-state index contributed by atoms with van der Waals surface area (Å²) >= 11 is 1.69. The molecule has 0 bridgehead atoms. The van der Waals surface area contributed by atoms with Gasteiger partial charge in [-0.25, -0.2) is 0 Å². The minimum atomic E-state index is -0.679. The summed E-state index contributed by atoms with van der Waals surface area (Å²) in [6.07, 6.45) is 7.26. The molecule has 3 rings (SSSR count). The van der Waals surface area contributed by atoms with Crippen molar-refractivity contribution in [1.29, 1.82) is 0 Å². The second-order valence-electron chi connectivity index (χ2n) is 9.22. The van der Waals surface area contributed by atoms with Crippen LogP contribution in [0, 0.1) is 11.8 Å². The summed E-state index contributed by atoms with van der Waals surface area (Å²) in [5.74, 6) is 0.0507. The fraction of sp³-hybridized carbons (Fsp3) is 0.625. The normalized spacial score (nSPS) is 17.8. The van der Waals surface area contributed by atoms with Crippen LogP contribution >= 0.6 is 0 Å². The number of piperidine rings is 2. The number of aromatic nitrogens is 1. The summed E-state index contributed by atoms with van der Waals surface area (Å²) in [5, 5.41) is 14.4. The second-order valence-corrected chi connectivity index (χ2v) is 9.80. The molecular weight excluding hydrogens is 518 g/mol. The molecule has 2 fully saturated rings. The standard InChI is InChI=1S/C24H35N5O4.Mo/c1-25-22(30)3-2-10-26-24(33)21-5-4-20(16-27-21)29-13-8-19(9-14-29)17-28-11-6-18(7-12-28)15-23(31)32;/h1,4-5,16,18-19H,2-3,6-15,17H2,(H,25,30)(H,26,33)(H,31,32);. The average Bonchev–Trinajstić information content (AvgIpc) is 2.83. The number of hydrogen-bond donors (Lipinski definition) is 3. The van der Waals surface area contributed by atoms with Gasteiger partial charge in [0.25, 0.3) is 0 Å². The smallest absolute Gasteiger partial charge is 0.0181 e. The number of nitrogens with zero attached hydrogens (tertiary/aromatic N) is 3. The summed E-state index contributed by atoms with van der Waals surface area (Å²) in [4.78, 5) is 43.8. The van der Waals surface area contributed by atoms with Gasteiger partial charge in [0.2, 0.25) is 0 Å². The first kappa shape index (κ1) is 26.5. The molecule has 0 aromatic carbocycles. The number of amides is 2. The molecule has 0 radical (unpaired) electrons. The molecule has 3 N–H and O–H groups in total. The number of rotatable bonds is 11. The predicted molar refractivity (Wildman–Crippen MR) is 126 cm³/mol. The van der Waals surface area contributed by atoms with E-state index in [4.69, 9.17) is 5.11 Å². The Morgan fingerprint density at radius 1 is 1.09 bits per heavy atom. The van der Waals surface area contributed by atoms with Crippen molar-refractivity contribution in [3.05, 3.63) is 24.0 Å². The van der Waals surface area contributed by atoms with Gasteiger partial charge in [-0.2, -0.15) is 0 Å². The minimum absolute atomic E-state index is 0.0500. The Morgan fingerprint density at radius 3 is 2.41 bits per heavy atom. The van der Waals surface area contributed by atoms with E-state index in [2.05, 4.69) is 25.4 Å². The maximum Gasteiger partial charge on any atom is 0.0181 e. The van der Waals surface area contributed by atoms with Gasteiger partial charge in [0, 0.05) is 26.1 Å². The number of carboxylic acids is 1. The SMILES string of the molecule is O=C(O)CC1CCN(CC2CCN(c3ccc(C(=O)NCCCC(=O)N[CH]=[Mo])nc3)CC2)CC1. The van der Waals surface area contributed by atoms with Gasteiger partial charge in [0.15, 0.2) is 0 Å². The molecule has 2 aliphatic rings. The number of pyridine rings is 1. The van der Waals surface area contributed by atoms with Crippen LogP contribution in [-0.4, -0.2) is 76.6 Å². The third-order valence-electron chi connectivity index (χ3n) is 6.73. The van der Waals surface area contributed by atoms with Crippen molar-refractivity contribution < 1.29 is 38.8 Å². The van der Waals surface area contributed by atoms with Crippen molar-refractivity contribution >= 4 is 28.0 Å². The van der Waals surface area contributed by atoms with Gasteiger partial charge in [0.1, 0.15) is 0 Å². The van der Waals surface area contributed by atoms with Gasteiger partial charge in [0.05, 0.1) is 0 Å². The zero-order valence-corrected chi connectivity index (χ0v) is 21.6. The van der Waals surface area contributed by atoms with Crippen molar-refractivity contribution in [3.63, 3.8) is 0 Å². The summed E-state index contributed by atoms with van der Waals surface area (Å²) in [5.41, 5.74) is 1.42. The van der Waals surface area contributed by atoms with Crippen molar-refractivity contribution in [2.75, 3.05) is 44.2 Å². The van der Waals surface area contributed by atoms with Gasteiger partial charge in [-0.1, -0.05) is 0 Å². The molecule has 2 saturated heterocycles. The van der Waals surface area contributed by atoms with E-state index in [1.165, 1.54) is 0 Å². The van der Waals surface area contributed by atoms with Crippen molar-refractivity contribution in [2.24, 2.45) is 11.8 Å². The zero-order chi connectivity index (χ0) is 24.3. The fourth-order valence-electron chi connectivity index (χ4n) is 4.75. The minimum Gasteiger partial charge on any atom is -0.0370 e. The molecule has 0 aliphatic carbocycles. The first-order chi connectivity index (χ1) is 16.4. The van der Waals surface area contributed by atoms with Crippen LogP contribution in [0.1, 0.15) is 55.4 Å². The first-order valence-electron chi connectivity index (χ1n) is 12.1. The van der Waals surface area contributed by atoms with Crippen LogP contribution in [0.15, 0.2) is 18.3 Å². The number of carbonyl (C=O) groups excluding carboxylic acids is 2. The van der Waals surface area contributed by atoms with Crippen LogP contribution in [0.3, 0.4) is 0 Å². The summed E-state index contributed by atoms with van der Waals surface area (Å²) in [6.45, 7) is 5.51. The molecule has 34 heavy (non-hydrogen) atoms. The molecule has 2 aliphatic heterocycles. The van der Waals surface area contributed by atoms with Crippen LogP contribution in [0.25, 0.3) is 0 Å². The van der Waals surface area contributed by atoms with Gasteiger partial charge in [-0.05, 0) is 50.6 Å². The first-order valence-corrected chi connectivity index (χ1v) is 13.3. The van der Waals surface area contributed by atoms with E-state index in [9.17, 15) is 14.4 Å². The van der Waals surface area contributed by atoms with E-state index in [0.717, 1.165) is 64.1 Å². The van der Waals surface area contributed by atoms with Crippen LogP contribution in [-0.2, 0) is 28.9 Å². The second kappa shape index (κ2) is 13.7. The molecule has 0 spiro atoms. The van der Waals surface area contributed by atoms with Crippen LogP contribution in [0.4, 0.5) is 5.69 Å². The van der Waals surface area contributed by atoms with Crippen molar-refractivity contribution in [1.82, 2.24) is 20.5 Å². The Morgan fingerprint density at radius 2 is 1.79 bits per heavy atom. The van der Waals surface area contributed by atoms with Gasteiger partial charge in [-0.15, -0.1) is 0 Å². The third-order valence-corrected chi connectivity index (χ3v) is 7.02. The largest absolute Gasteiger partial charge is 0.0370 e. The maximum absolute atomic E-state index is 12.3. The van der Waals surface area contributed by atoms with E-state index < -0.39 is 5.97 Å². The van der Waals surface area contributed by atoms with Crippen LogP contribution < -0.4 is 15.5 Å². The molecule has 9 nitrogen and oxygen atoms in total. The molecule has 2 amide bonds. The Bertz CT molecular complexity index is 834. The number of aliphatic carboxylic acids is 1. The van der Waals surface area contributed by atoms with Gasteiger partial charge >= 0.3 is 116 Å². The van der Waals surface area contributed by atoms with E-state index in [1.54, 1.807) is 36.1 Å². The molecule has 0 saturated carbocycles. The number of carboxylic acid groups (broad SMARTS) is 1. The quantitative estimate of drug-likeness (QED) is 0.281. The van der Waals surface area contributed by atoms with E-state index in [0.29, 0.717) is 43.3 Å². The zero-order valence-electron chi connectivity index (χ0n) is 19.6. The molecule has 0 atom stereocenters. The number of carbonyl (C=O) groups is 3. The molecule has 1 aromatic heterocycles. The van der Waals surface area contributed by atoms with E-state index in [1.807, 2.05) is 6.07 Å². The van der Waals surface area contributed by atoms with Crippen LogP contribution in [0.5, 0.6) is 0 Å². The number of likely N-dealkylation sites (tertiary alicyclic amines) is 1. The maximum atomic E-state index is 12.3. The molecule has 1 aromatic rings. The molecular formula is C24H35MoN5O4. The van der Waals surface area contributed by atoms with Crippen molar-refractivity contribution in [3.8, 4) is 0 Å². The van der Waals surface area contributed by atoms with Gasteiger partial charge in [-0.3, -0.25) is 4.79 Å². The number of anilines is 1. The molecule has 10 heteroatoms. The Hall–Kier alpha value is -2.12. The summed E-state index contributed by atoms with van der Waals surface area (Å²) in [6, 6.07) is 3.72. The molecule has 0 unspecified atom stereocenters. The van der Waals surface area contributed by atoms with E-state index in [-0.39, 0.29) is 11.8 Å². The Labute approximate surface area is 212 Å². The van der Waals surface area contributed by atoms with E-state index >= 15 is 0 Å². The average molecular weight is 554 g/mol. The monoisotopic (exact) mass is 555 g/mol. The number of nitrogens with one attached hydrogen (secondary N) is 2. The van der Waals surface area contributed by atoms with Gasteiger partial charge < -0.3 is 14.9 Å². The summed E-state index contributed by atoms with van der Waals surface area (Å²) < 4.78 is 1.61. The Balaban J connectivity index is 1.35. The molecule has 3 heterocycles. The summed E-state index contributed by atoms with van der Waals surface area (Å²) in [7, 11) is 0.